The summed E-state index contributed by atoms with van der Waals surface area (Å²) in [6.07, 6.45) is -1.07. The number of aliphatic hydroxyl groups excluding tert-OH is 1. The number of ether oxygens (including phenoxy) is 1. The number of amides is 2. The Morgan fingerprint density at radius 1 is 1.72 bits per heavy atom. The third kappa shape index (κ3) is 3.11. The van der Waals surface area contributed by atoms with Crippen LogP contribution in [0.15, 0.2) is 23.9 Å². The molecule has 0 aliphatic carbocycles. The van der Waals surface area contributed by atoms with Gasteiger partial charge in [-0.15, -0.1) is 0 Å². The predicted octanol–water partition coefficient (Wildman–Crippen LogP) is 0.208. The van der Waals surface area contributed by atoms with E-state index in [0.717, 1.165) is 6.08 Å². The Morgan fingerprint density at radius 2 is 2.39 bits per heavy atom. The van der Waals surface area contributed by atoms with Gasteiger partial charge < -0.3 is 15.2 Å². The van der Waals surface area contributed by atoms with Crippen LogP contribution in [0.5, 0.6) is 0 Å². The molecule has 6 nitrogen and oxygen atoms in total. The molecule has 1 heterocycles. The molecule has 2 amide bonds. The van der Waals surface area contributed by atoms with E-state index in [2.05, 4.69) is 5.32 Å². The molecule has 2 atom stereocenters. The highest BCUT2D eigenvalue weighted by Crippen LogP contribution is 2.24. The first-order valence-corrected chi connectivity index (χ1v) is 4.99. The van der Waals surface area contributed by atoms with Gasteiger partial charge in [-0.1, -0.05) is 0 Å². The normalized spacial score (nSPS) is 23.6. The van der Waals surface area contributed by atoms with Gasteiger partial charge >= 0.3 is 6.03 Å². The number of nitrogens with one attached hydrogen (secondary N) is 1. The predicted molar refractivity (Wildman–Crippen MR) is 56.5 cm³/mol. The van der Waals surface area contributed by atoms with Crippen molar-refractivity contribution in [1.82, 2.24) is 10.2 Å². The summed E-state index contributed by atoms with van der Waals surface area (Å²) in [6.45, 7) is -0.481. The number of hydrogen-bond donors (Lipinski definition) is 2. The third-order valence-electron chi connectivity index (χ3n) is 2.14. The van der Waals surface area contributed by atoms with E-state index in [1.54, 1.807) is 0 Å². The number of carbonyl (C=O) groups excluding carboxylic acids is 2. The summed E-state index contributed by atoms with van der Waals surface area (Å²) in [4.78, 5) is 22.2. The van der Waals surface area contributed by atoms with E-state index in [1.807, 2.05) is 0 Å². The van der Waals surface area contributed by atoms with Gasteiger partial charge in [0, 0.05) is 7.05 Å². The summed E-state index contributed by atoms with van der Waals surface area (Å²) in [5.74, 6) is -2.12. The van der Waals surface area contributed by atoms with Gasteiger partial charge in [-0.25, -0.2) is 13.6 Å². The maximum absolute atomic E-state index is 13.5. The maximum atomic E-state index is 13.5. The van der Waals surface area contributed by atoms with E-state index in [1.165, 1.54) is 7.05 Å². The van der Waals surface area contributed by atoms with Gasteiger partial charge in [-0.05, 0) is 6.08 Å². The molecule has 0 saturated carbocycles. The number of hydrogen-bond acceptors (Lipinski definition) is 4. The van der Waals surface area contributed by atoms with Crippen LogP contribution in [0.25, 0.3) is 0 Å². The van der Waals surface area contributed by atoms with Gasteiger partial charge in [0.25, 0.3) is 0 Å². The Kier molecular flexibility index (Phi) is 4.93. The van der Waals surface area contributed by atoms with Crippen LogP contribution in [0.3, 0.4) is 0 Å². The van der Waals surface area contributed by atoms with Crippen molar-refractivity contribution < 1.29 is 28.2 Å². The van der Waals surface area contributed by atoms with Crippen LogP contribution in [0.1, 0.15) is 0 Å². The van der Waals surface area contributed by atoms with Gasteiger partial charge in [0.05, 0.1) is 12.8 Å². The second-order valence-corrected chi connectivity index (χ2v) is 3.36. The SMILES string of the molecule is CNC(=O)N(/C=C(/F)C=O)[C@@H]1O[C@H](CO)C=C1F. The van der Waals surface area contributed by atoms with Crippen LogP contribution >= 0.6 is 0 Å². The number of carbonyl (C=O) groups is 2. The molecule has 0 saturated heterocycles. The van der Waals surface area contributed by atoms with Crippen molar-refractivity contribution in [2.24, 2.45) is 0 Å². The van der Waals surface area contributed by atoms with E-state index in [4.69, 9.17) is 9.84 Å². The topological polar surface area (TPSA) is 78.9 Å². The highest BCUT2D eigenvalue weighted by Gasteiger charge is 2.34. The average Bonchev–Trinajstić information content (AvgIpc) is 2.75. The number of urea groups is 1. The molecule has 1 aliphatic heterocycles. The molecule has 0 aromatic carbocycles. The molecule has 0 fully saturated rings. The second kappa shape index (κ2) is 6.22. The number of nitrogens with zero attached hydrogens (tertiary/aromatic N) is 1. The molecule has 1 aliphatic rings. The van der Waals surface area contributed by atoms with Crippen molar-refractivity contribution in [3.8, 4) is 0 Å². The molecule has 0 radical (unpaired) electrons. The first kappa shape index (κ1) is 14.3. The standard InChI is InChI=1S/C10H12F2N2O4/c1-13-10(17)14(3-6(11)4-15)9-8(12)2-7(5-16)18-9/h2-4,7,9,16H,5H2,1H3,(H,13,17)/b6-3+/t7-,9+/m0/s1. The summed E-state index contributed by atoms with van der Waals surface area (Å²) >= 11 is 0. The first-order valence-electron chi connectivity index (χ1n) is 4.99. The minimum absolute atomic E-state index is 0.129. The monoisotopic (exact) mass is 262 g/mol. The minimum atomic E-state index is -1.51. The molecule has 2 N–H and O–H groups in total. The van der Waals surface area contributed by atoms with Crippen molar-refractivity contribution in [2.45, 2.75) is 12.3 Å². The van der Waals surface area contributed by atoms with Crippen LogP contribution in [0, 0.1) is 0 Å². The average molecular weight is 262 g/mol. The number of aldehydes is 1. The fourth-order valence-corrected chi connectivity index (χ4v) is 1.35. The quantitative estimate of drug-likeness (QED) is 0.560. The summed E-state index contributed by atoms with van der Waals surface area (Å²) in [5, 5.41) is 11.0. The molecule has 0 unspecified atom stereocenters. The highest BCUT2D eigenvalue weighted by molar-refractivity contribution is 5.77. The van der Waals surface area contributed by atoms with Crippen molar-refractivity contribution in [2.75, 3.05) is 13.7 Å². The Morgan fingerprint density at radius 3 is 2.83 bits per heavy atom. The Bertz CT molecular complexity index is 397. The molecule has 18 heavy (non-hydrogen) atoms. The third-order valence-corrected chi connectivity index (χ3v) is 2.14. The van der Waals surface area contributed by atoms with Crippen LogP contribution in [0.4, 0.5) is 13.6 Å². The van der Waals surface area contributed by atoms with Crippen LogP contribution < -0.4 is 5.32 Å². The second-order valence-electron chi connectivity index (χ2n) is 3.36. The zero-order chi connectivity index (χ0) is 13.7. The fourth-order valence-electron chi connectivity index (χ4n) is 1.35. The highest BCUT2D eigenvalue weighted by atomic mass is 19.1. The Hall–Kier alpha value is -1.80. The lowest BCUT2D eigenvalue weighted by Crippen LogP contribution is -2.43. The Labute approximate surface area is 102 Å². The zero-order valence-electron chi connectivity index (χ0n) is 9.47. The molecule has 8 heteroatoms. The maximum Gasteiger partial charge on any atom is 0.323 e. The number of allylic oxidation sites excluding steroid dienone is 1. The van der Waals surface area contributed by atoms with Crippen LogP contribution in [-0.4, -0.2) is 48.3 Å². The van der Waals surface area contributed by atoms with E-state index in [-0.39, 0.29) is 6.29 Å². The number of rotatable bonds is 4. The van der Waals surface area contributed by atoms with Gasteiger partial charge in [0.2, 0.25) is 0 Å². The fraction of sp³-hybridized carbons (Fsp3) is 0.400. The van der Waals surface area contributed by atoms with E-state index >= 15 is 0 Å². The summed E-state index contributed by atoms with van der Waals surface area (Å²) in [6, 6.07) is -0.862. The summed E-state index contributed by atoms with van der Waals surface area (Å²) in [7, 11) is 1.25. The lowest BCUT2D eigenvalue weighted by Gasteiger charge is -2.24. The van der Waals surface area contributed by atoms with Crippen molar-refractivity contribution in [3.05, 3.63) is 23.9 Å². The van der Waals surface area contributed by atoms with E-state index in [9.17, 15) is 18.4 Å². The lowest BCUT2D eigenvalue weighted by molar-refractivity contribution is -0.106. The summed E-state index contributed by atoms with van der Waals surface area (Å²) < 4.78 is 31.3. The first-order chi connectivity index (χ1) is 8.53. The molecule has 0 spiro atoms. The van der Waals surface area contributed by atoms with Crippen LogP contribution in [0.2, 0.25) is 0 Å². The summed E-state index contributed by atoms with van der Waals surface area (Å²) in [5.41, 5.74) is 0. The molecule has 0 aromatic heterocycles. The van der Waals surface area contributed by atoms with E-state index < -0.39 is 36.6 Å². The number of halogens is 2. The minimum Gasteiger partial charge on any atom is -0.393 e. The zero-order valence-corrected chi connectivity index (χ0v) is 9.47. The van der Waals surface area contributed by atoms with Crippen molar-refractivity contribution in [3.63, 3.8) is 0 Å². The molecule has 0 aromatic rings. The van der Waals surface area contributed by atoms with Gasteiger partial charge in [-0.3, -0.25) is 9.69 Å². The largest absolute Gasteiger partial charge is 0.393 e. The smallest absolute Gasteiger partial charge is 0.323 e. The molecule has 100 valence electrons. The molecule has 0 bridgehead atoms. The van der Waals surface area contributed by atoms with Gasteiger partial charge in [-0.2, -0.15) is 0 Å². The molecule has 1 rings (SSSR count). The lowest BCUT2D eigenvalue weighted by atomic mass is 10.3. The Balaban J connectivity index is 2.95. The molecular weight excluding hydrogens is 250 g/mol. The van der Waals surface area contributed by atoms with Gasteiger partial charge in [0.15, 0.2) is 18.3 Å². The number of aliphatic hydroxyl groups is 1. The van der Waals surface area contributed by atoms with Crippen LogP contribution in [-0.2, 0) is 9.53 Å². The van der Waals surface area contributed by atoms with Crippen molar-refractivity contribution in [1.29, 1.82) is 0 Å². The van der Waals surface area contributed by atoms with E-state index in [0.29, 0.717) is 11.1 Å². The van der Waals surface area contributed by atoms with Crippen molar-refractivity contribution >= 4 is 12.3 Å². The molecular formula is C10H12F2N2O4. The van der Waals surface area contributed by atoms with Gasteiger partial charge in [0.1, 0.15) is 11.9 Å².